The molecule has 0 spiro atoms. The van der Waals surface area contributed by atoms with Crippen LogP contribution >= 0.6 is 0 Å². The van der Waals surface area contributed by atoms with Crippen molar-refractivity contribution in [3.8, 4) is 11.5 Å². The van der Waals surface area contributed by atoms with Gasteiger partial charge in [0.25, 0.3) is 0 Å². The molecule has 40 heavy (non-hydrogen) atoms. The molecule has 1 aromatic rings. The third-order valence-corrected chi connectivity index (χ3v) is 7.00. The predicted octanol–water partition coefficient (Wildman–Crippen LogP) is 5.84. The summed E-state index contributed by atoms with van der Waals surface area (Å²) in [5.74, 6) is -4.39. The minimum Gasteiger partial charge on any atom is -0.480 e. The molecule has 5 unspecified atom stereocenters. The molecule has 0 aliphatic carbocycles. The number of esters is 2. The highest BCUT2D eigenvalue weighted by atomic mass is 16.7. The summed E-state index contributed by atoms with van der Waals surface area (Å²) in [7, 11) is 0. The molecule has 0 bridgehead atoms. The van der Waals surface area contributed by atoms with E-state index in [4.69, 9.17) is 24.7 Å². The molecule has 0 saturated carbocycles. The van der Waals surface area contributed by atoms with Crippen molar-refractivity contribution in [2.75, 3.05) is 6.61 Å². The van der Waals surface area contributed by atoms with Crippen LogP contribution in [0.4, 0.5) is 4.79 Å². The molecular weight excluding hydrogens is 518 g/mol. The maximum atomic E-state index is 12.8. The van der Waals surface area contributed by atoms with Gasteiger partial charge >= 0.3 is 24.1 Å². The summed E-state index contributed by atoms with van der Waals surface area (Å²) in [6.45, 7) is 12.9. The van der Waals surface area contributed by atoms with E-state index in [1.54, 1.807) is 33.8 Å². The van der Waals surface area contributed by atoms with Gasteiger partial charge in [0.05, 0.1) is 18.4 Å². The number of rotatable bonds is 17. The number of hydrogen-bond acceptors (Lipinski definition) is 9. The third-order valence-electron chi connectivity index (χ3n) is 7.00. The first kappa shape index (κ1) is 34.9. The van der Waals surface area contributed by atoms with Gasteiger partial charge in [0.2, 0.25) is 0 Å². The summed E-state index contributed by atoms with van der Waals surface area (Å²) < 4.78 is 21.8. The second-order valence-corrected chi connectivity index (χ2v) is 10.5. The van der Waals surface area contributed by atoms with Gasteiger partial charge in [-0.05, 0) is 43.9 Å². The first-order valence-corrected chi connectivity index (χ1v) is 14.3. The maximum Gasteiger partial charge on any atom is 0.508 e. The van der Waals surface area contributed by atoms with Crippen molar-refractivity contribution in [3.63, 3.8) is 0 Å². The highest BCUT2D eigenvalue weighted by Gasteiger charge is 2.36. The Bertz CT molecular complexity index is 980. The second-order valence-electron chi connectivity index (χ2n) is 10.5. The number of nitrogens with two attached hydrogens (primary N) is 1. The average molecular weight is 566 g/mol. The smallest absolute Gasteiger partial charge is 0.480 e. The van der Waals surface area contributed by atoms with Crippen LogP contribution in [0.2, 0.25) is 0 Å². The van der Waals surface area contributed by atoms with Crippen LogP contribution < -0.4 is 15.2 Å². The largest absolute Gasteiger partial charge is 0.508 e. The zero-order valence-electron chi connectivity index (χ0n) is 24.9. The molecule has 0 aliphatic heterocycles. The molecule has 10 nitrogen and oxygen atoms in total. The van der Waals surface area contributed by atoms with E-state index in [9.17, 15) is 24.3 Å². The maximum absolute atomic E-state index is 12.8. The molecule has 10 heteroatoms. The first-order valence-electron chi connectivity index (χ1n) is 14.3. The fourth-order valence-corrected chi connectivity index (χ4v) is 4.29. The van der Waals surface area contributed by atoms with Gasteiger partial charge in [-0.3, -0.25) is 14.4 Å². The van der Waals surface area contributed by atoms with Crippen LogP contribution in [0.25, 0.3) is 0 Å². The normalized spacial score (nSPS) is 15.6. The van der Waals surface area contributed by atoms with Crippen LogP contribution in [-0.2, 0) is 23.9 Å². The van der Waals surface area contributed by atoms with Crippen LogP contribution in [0.5, 0.6) is 11.5 Å². The summed E-state index contributed by atoms with van der Waals surface area (Å²) in [4.78, 5) is 49.6. The SMILES string of the molecule is CCCCOC(=O)OC(C)C(C)C(c1ccc(OC(=O)C(C)CCC)c(OC(=O)C(C)CCC)c1)[C@H](N)C(=O)O. The molecule has 0 radical (unpaired) electrons. The number of hydrogen-bond donors (Lipinski definition) is 2. The topological polar surface area (TPSA) is 151 Å². The lowest BCUT2D eigenvalue weighted by molar-refractivity contribution is -0.141. The number of aliphatic carboxylic acids is 1. The molecule has 0 aliphatic rings. The molecule has 1 aromatic carbocycles. The summed E-state index contributed by atoms with van der Waals surface area (Å²) in [6.07, 6.45) is 2.74. The zero-order chi connectivity index (χ0) is 30.4. The van der Waals surface area contributed by atoms with Crippen molar-refractivity contribution in [2.24, 2.45) is 23.5 Å². The number of carbonyl (C=O) groups is 4. The van der Waals surface area contributed by atoms with E-state index in [1.807, 2.05) is 20.8 Å². The Hall–Kier alpha value is -3.14. The van der Waals surface area contributed by atoms with E-state index in [-0.39, 0.29) is 24.0 Å². The number of benzene rings is 1. The highest BCUT2D eigenvalue weighted by molar-refractivity contribution is 5.79. The van der Waals surface area contributed by atoms with E-state index in [0.717, 1.165) is 19.3 Å². The predicted molar refractivity (Wildman–Crippen MR) is 150 cm³/mol. The van der Waals surface area contributed by atoms with E-state index in [0.29, 0.717) is 24.8 Å². The fourth-order valence-electron chi connectivity index (χ4n) is 4.29. The molecule has 6 atom stereocenters. The molecule has 226 valence electrons. The van der Waals surface area contributed by atoms with Crippen molar-refractivity contribution in [1.82, 2.24) is 0 Å². The Labute approximate surface area is 237 Å². The standard InChI is InChI=1S/C30H47NO9/c1-8-11-16-37-30(36)38-21(7)20(6)25(26(31)27(32)33)22-14-15-23(39-28(34)18(4)12-9-2)24(17-22)40-29(35)19(5)13-10-3/h14-15,17-21,25-26H,8-13,16,31H2,1-7H3,(H,32,33)/t18?,19?,20?,21?,25?,26-/m0/s1. The molecule has 0 amide bonds. The summed E-state index contributed by atoms with van der Waals surface area (Å²) in [6, 6.07) is 3.14. The van der Waals surface area contributed by atoms with Crippen LogP contribution in [0.1, 0.15) is 98.5 Å². The van der Waals surface area contributed by atoms with Gasteiger partial charge in [0.1, 0.15) is 12.1 Å². The Balaban J connectivity index is 3.43. The minimum absolute atomic E-state index is 0.00941. The highest BCUT2D eigenvalue weighted by Crippen LogP contribution is 2.38. The number of ether oxygens (including phenoxy) is 4. The minimum atomic E-state index is -1.38. The monoisotopic (exact) mass is 565 g/mol. The fraction of sp³-hybridized carbons (Fsp3) is 0.667. The molecule has 3 N–H and O–H groups in total. The lowest BCUT2D eigenvalue weighted by Crippen LogP contribution is -2.42. The van der Waals surface area contributed by atoms with Crippen molar-refractivity contribution < 1.29 is 43.2 Å². The van der Waals surface area contributed by atoms with Crippen LogP contribution in [0.15, 0.2) is 18.2 Å². The average Bonchev–Trinajstić information content (AvgIpc) is 2.90. The van der Waals surface area contributed by atoms with Gasteiger partial charge < -0.3 is 29.8 Å². The van der Waals surface area contributed by atoms with E-state index in [1.165, 1.54) is 12.1 Å². The quantitative estimate of drug-likeness (QED) is 0.134. The number of carboxylic acids is 1. The molecule has 0 saturated heterocycles. The van der Waals surface area contributed by atoms with Crippen molar-refractivity contribution in [3.05, 3.63) is 23.8 Å². The summed E-state index contributed by atoms with van der Waals surface area (Å²) in [5, 5.41) is 9.79. The third kappa shape index (κ3) is 10.8. The lowest BCUT2D eigenvalue weighted by Gasteiger charge is -2.31. The Morgan fingerprint density at radius 1 is 0.850 bits per heavy atom. The number of carbonyl (C=O) groups excluding carboxylic acids is 3. The number of carboxylic acid groups (broad SMARTS) is 1. The second kappa shape index (κ2) is 17.5. The molecule has 0 fully saturated rings. The van der Waals surface area contributed by atoms with Crippen molar-refractivity contribution in [1.29, 1.82) is 0 Å². The first-order chi connectivity index (χ1) is 18.9. The lowest BCUT2D eigenvalue weighted by atomic mass is 9.79. The molecule has 0 aromatic heterocycles. The Morgan fingerprint density at radius 2 is 1.40 bits per heavy atom. The van der Waals surface area contributed by atoms with Crippen LogP contribution in [0, 0.1) is 17.8 Å². The van der Waals surface area contributed by atoms with E-state index >= 15 is 0 Å². The summed E-state index contributed by atoms with van der Waals surface area (Å²) in [5.41, 5.74) is 6.55. The summed E-state index contributed by atoms with van der Waals surface area (Å²) >= 11 is 0. The zero-order valence-corrected chi connectivity index (χ0v) is 24.9. The van der Waals surface area contributed by atoms with Crippen LogP contribution in [0.3, 0.4) is 0 Å². The van der Waals surface area contributed by atoms with Gasteiger partial charge in [-0.15, -0.1) is 0 Å². The van der Waals surface area contributed by atoms with Gasteiger partial charge in [-0.25, -0.2) is 4.79 Å². The van der Waals surface area contributed by atoms with Gasteiger partial charge in [-0.2, -0.15) is 0 Å². The van der Waals surface area contributed by atoms with Gasteiger partial charge in [0, 0.05) is 11.8 Å². The van der Waals surface area contributed by atoms with Crippen LogP contribution in [-0.4, -0.2) is 47.9 Å². The van der Waals surface area contributed by atoms with E-state index < -0.39 is 54.0 Å². The molecule has 1 rings (SSSR count). The van der Waals surface area contributed by atoms with Gasteiger partial charge in [-0.1, -0.05) is 66.9 Å². The molecule has 0 heterocycles. The Kier molecular flexibility index (Phi) is 15.3. The molecular formula is C30H47NO9. The van der Waals surface area contributed by atoms with E-state index in [2.05, 4.69) is 0 Å². The number of unbranched alkanes of at least 4 members (excludes halogenated alkanes) is 1. The Morgan fingerprint density at radius 3 is 1.90 bits per heavy atom. The van der Waals surface area contributed by atoms with Gasteiger partial charge in [0.15, 0.2) is 11.5 Å². The van der Waals surface area contributed by atoms with Crippen molar-refractivity contribution >= 4 is 24.1 Å². The van der Waals surface area contributed by atoms with Crippen molar-refractivity contribution in [2.45, 2.75) is 105 Å².